The maximum atomic E-state index is 10.7. The highest BCUT2D eigenvalue weighted by Crippen LogP contribution is 2.30. The summed E-state index contributed by atoms with van der Waals surface area (Å²) in [5, 5.41) is 11.3. The summed E-state index contributed by atoms with van der Waals surface area (Å²) in [4.78, 5) is 17.9. The average Bonchev–Trinajstić information content (AvgIpc) is 2.27. The minimum Gasteiger partial charge on any atom is -0.496 e. The third kappa shape index (κ3) is 1.45. The average molecular weight is 205 g/mol. The highest BCUT2D eigenvalue weighted by Gasteiger charge is 2.15. The van der Waals surface area contributed by atoms with Gasteiger partial charge < -0.3 is 4.74 Å². The highest BCUT2D eigenvalue weighted by molar-refractivity contribution is 5.91. The second-order valence-corrected chi connectivity index (χ2v) is 2.83. The van der Waals surface area contributed by atoms with Crippen LogP contribution in [0.5, 0.6) is 5.75 Å². The zero-order chi connectivity index (χ0) is 10.8. The maximum Gasteiger partial charge on any atom is 0.295 e. The number of hydrogen-bond acceptors (Lipinski definition) is 5. The molecule has 0 spiro atoms. The molecule has 0 unspecified atom stereocenters. The van der Waals surface area contributed by atoms with Crippen LogP contribution in [-0.4, -0.2) is 22.0 Å². The van der Waals surface area contributed by atoms with Crippen molar-refractivity contribution in [2.45, 2.75) is 0 Å². The Morgan fingerprint density at radius 1 is 1.47 bits per heavy atom. The topological polar surface area (TPSA) is 78.2 Å². The van der Waals surface area contributed by atoms with Crippen molar-refractivity contribution in [1.82, 2.24) is 9.97 Å². The molecule has 2 rings (SSSR count). The third-order valence-corrected chi connectivity index (χ3v) is 2.03. The molecule has 0 amide bonds. The normalized spacial score (nSPS) is 10.2. The maximum absolute atomic E-state index is 10.7. The molecule has 0 aliphatic carbocycles. The lowest BCUT2D eigenvalue weighted by Crippen LogP contribution is -1.94. The molecule has 1 heterocycles. The van der Waals surface area contributed by atoms with Gasteiger partial charge >= 0.3 is 0 Å². The standard InChI is InChI=1S/C9H7N3O3/c1-15-8-3-2-7(12(13)14)9-6(8)4-10-5-11-9/h2-5H,1H3. The van der Waals surface area contributed by atoms with Crippen LogP contribution in [0.3, 0.4) is 0 Å². The van der Waals surface area contributed by atoms with Gasteiger partial charge in [-0.2, -0.15) is 0 Å². The van der Waals surface area contributed by atoms with E-state index >= 15 is 0 Å². The van der Waals surface area contributed by atoms with Crippen LogP contribution >= 0.6 is 0 Å². The lowest BCUT2D eigenvalue weighted by molar-refractivity contribution is -0.383. The van der Waals surface area contributed by atoms with Gasteiger partial charge in [-0.25, -0.2) is 9.97 Å². The highest BCUT2D eigenvalue weighted by atomic mass is 16.6. The van der Waals surface area contributed by atoms with Crippen LogP contribution in [0.2, 0.25) is 0 Å². The van der Waals surface area contributed by atoms with Gasteiger partial charge in [0.15, 0.2) is 5.52 Å². The number of hydrogen-bond donors (Lipinski definition) is 0. The zero-order valence-electron chi connectivity index (χ0n) is 7.88. The van der Waals surface area contributed by atoms with Gasteiger partial charge in [-0.1, -0.05) is 0 Å². The third-order valence-electron chi connectivity index (χ3n) is 2.03. The predicted octanol–water partition coefficient (Wildman–Crippen LogP) is 1.55. The van der Waals surface area contributed by atoms with Gasteiger partial charge in [0.05, 0.1) is 17.4 Å². The van der Waals surface area contributed by atoms with E-state index in [0.29, 0.717) is 11.1 Å². The summed E-state index contributed by atoms with van der Waals surface area (Å²) in [6.45, 7) is 0. The zero-order valence-corrected chi connectivity index (χ0v) is 7.88. The van der Waals surface area contributed by atoms with Gasteiger partial charge in [-0.15, -0.1) is 0 Å². The number of nitro groups is 1. The van der Waals surface area contributed by atoms with E-state index in [4.69, 9.17) is 4.74 Å². The van der Waals surface area contributed by atoms with Crippen molar-refractivity contribution in [2.24, 2.45) is 0 Å². The molecule has 15 heavy (non-hydrogen) atoms. The molecule has 6 nitrogen and oxygen atoms in total. The number of methoxy groups -OCH3 is 1. The second kappa shape index (κ2) is 3.49. The minimum atomic E-state index is -0.477. The van der Waals surface area contributed by atoms with E-state index in [0.717, 1.165) is 0 Å². The molecule has 0 aliphatic rings. The van der Waals surface area contributed by atoms with Crippen LogP contribution < -0.4 is 4.74 Å². The van der Waals surface area contributed by atoms with Crippen molar-refractivity contribution in [3.8, 4) is 5.75 Å². The summed E-state index contributed by atoms with van der Waals surface area (Å²) in [5.74, 6) is 0.524. The lowest BCUT2D eigenvalue weighted by Gasteiger charge is -2.03. The van der Waals surface area contributed by atoms with Crippen molar-refractivity contribution in [2.75, 3.05) is 7.11 Å². The first-order valence-electron chi connectivity index (χ1n) is 4.15. The SMILES string of the molecule is COc1ccc([N+](=O)[O-])c2ncncc12. The summed E-state index contributed by atoms with van der Waals surface area (Å²) in [5.41, 5.74) is 0.238. The Hall–Kier alpha value is -2.24. The van der Waals surface area contributed by atoms with Crippen molar-refractivity contribution in [3.63, 3.8) is 0 Å². The Balaban J connectivity index is 2.83. The number of rotatable bonds is 2. The number of non-ortho nitro benzene ring substituents is 1. The van der Waals surface area contributed by atoms with E-state index in [2.05, 4.69) is 9.97 Å². The molecule has 0 bridgehead atoms. The van der Waals surface area contributed by atoms with E-state index in [1.54, 1.807) is 0 Å². The Bertz CT molecular complexity index is 527. The quantitative estimate of drug-likeness (QED) is 0.549. The van der Waals surface area contributed by atoms with E-state index in [-0.39, 0.29) is 11.2 Å². The van der Waals surface area contributed by atoms with Crippen LogP contribution in [0.15, 0.2) is 24.7 Å². The van der Waals surface area contributed by atoms with Crippen molar-refractivity contribution >= 4 is 16.6 Å². The molecule has 1 aromatic carbocycles. The summed E-state index contributed by atoms with van der Waals surface area (Å²) in [7, 11) is 1.49. The van der Waals surface area contributed by atoms with E-state index in [1.165, 1.54) is 31.8 Å². The fourth-order valence-electron chi connectivity index (χ4n) is 1.36. The molecular weight excluding hydrogens is 198 g/mol. The van der Waals surface area contributed by atoms with Crippen LogP contribution in [-0.2, 0) is 0 Å². The van der Waals surface area contributed by atoms with Gasteiger partial charge in [0, 0.05) is 12.3 Å². The Kier molecular flexibility index (Phi) is 2.17. The van der Waals surface area contributed by atoms with E-state index in [9.17, 15) is 10.1 Å². The molecule has 0 fully saturated rings. The molecule has 0 atom stereocenters. The van der Waals surface area contributed by atoms with Gasteiger partial charge in [0.2, 0.25) is 0 Å². The summed E-state index contributed by atoms with van der Waals surface area (Å²) >= 11 is 0. The fourth-order valence-corrected chi connectivity index (χ4v) is 1.36. The lowest BCUT2D eigenvalue weighted by atomic mass is 10.2. The summed E-state index contributed by atoms with van der Waals surface area (Å²) < 4.78 is 5.06. The first-order valence-corrected chi connectivity index (χ1v) is 4.15. The minimum absolute atomic E-state index is 0.0480. The van der Waals surface area contributed by atoms with Gasteiger partial charge in [-0.05, 0) is 6.07 Å². The fraction of sp³-hybridized carbons (Fsp3) is 0.111. The predicted molar refractivity (Wildman–Crippen MR) is 52.7 cm³/mol. The van der Waals surface area contributed by atoms with Gasteiger partial charge in [-0.3, -0.25) is 10.1 Å². The number of aromatic nitrogens is 2. The Morgan fingerprint density at radius 2 is 2.27 bits per heavy atom. The Morgan fingerprint density at radius 3 is 2.93 bits per heavy atom. The number of fused-ring (bicyclic) bond motifs is 1. The van der Waals surface area contributed by atoms with Crippen LogP contribution in [0.25, 0.3) is 10.9 Å². The largest absolute Gasteiger partial charge is 0.496 e. The number of nitro benzene ring substituents is 1. The van der Waals surface area contributed by atoms with Crippen LogP contribution in [0.1, 0.15) is 0 Å². The summed E-state index contributed by atoms with van der Waals surface area (Å²) in [6, 6.07) is 2.90. The van der Waals surface area contributed by atoms with Crippen LogP contribution in [0, 0.1) is 10.1 Å². The number of ether oxygens (including phenoxy) is 1. The monoisotopic (exact) mass is 205 g/mol. The van der Waals surface area contributed by atoms with Crippen molar-refractivity contribution in [1.29, 1.82) is 0 Å². The molecule has 0 saturated carbocycles. The molecule has 76 valence electrons. The molecule has 1 aromatic heterocycles. The van der Waals surface area contributed by atoms with E-state index < -0.39 is 4.92 Å². The molecule has 0 N–H and O–H groups in total. The smallest absolute Gasteiger partial charge is 0.295 e. The first-order chi connectivity index (χ1) is 7.24. The molecule has 6 heteroatoms. The molecule has 0 aliphatic heterocycles. The van der Waals surface area contributed by atoms with Gasteiger partial charge in [0.25, 0.3) is 5.69 Å². The van der Waals surface area contributed by atoms with Crippen molar-refractivity contribution < 1.29 is 9.66 Å². The van der Waals surface area contributed by atoms with Crippen LogP contribution in [0.4, 0.5) is 5.69 Å². The molecule has 2 aromatic rings. The molecular formula is C9H7N3O3. The number of nitrogens with zero attached hydrogens (tertiary/aromatic N) is 3. The number of benzene rings is 1. The van der Waals surface area contributed by atoms with Gasteiger partial charge in [0.1, 0.15) is 12.1 Å². The molecule has 0 saturated heterocycles. The van der Waals surface area contributed by atoms with E-state index in [1.807, 2.05) is 0 Å². The summed E-state index contributed by atoms with van der Waals surface area (Å²) in [6.07, 6.45) is 2.77. The first kappa shape index (κ1) is 9.32. The molecule has 0 radical (unpaired) electrons. The Labute approximate surface area is 84.7 Å². The second-order valence-electron chi connectivity index (χ2n) is 2.83. The van der Waals surface area contributed by atoms with Crippen molar-refractivity contribution in [3.05, 3.63) is 34.8 Å².